The number of nitrogens with zero attached hydrogens (tertiary/aromatic N) is 1. The van der Waals surface area contributed by atoms with E-state index < -0.39 is 0 Å². The molecule has 23 heavy (non-hydrogen) atoms. The van der Waals surface area contributed by atoms with Crippen LogP contribution in [0, 0.1) is 6.92 Å². The van der Waals surface area contributed by atoms with Crippen LogP contribution in [0.5, 0.6) is 5.75 Å². The Bertz CT molecular complexity index is 494. The molecule has 0 aromatic heterocycles. The van der Waals surface area contributed by atoms with Gasteiger partial charge in [0.15, 0.2) is 5.96 Å². The normalized spacial score (nSPS) is 13.6. The fourth-order valence-corrected chi connectivity index (χ4v) is 2.03. The molecule has 0 amide bonds. The minimum Gasteiger partial charge on any atom is -0.489 e. The van der Waals surface area contributed by atoms with E-state index in [0.717, 1.165) is 30.4 Å². The molecule has 1 aromatic rings. The highest BCUT2D eigenvalue weighted by molar-refractivity contribution is 5.79. The number of aryl methyl sites for hydroxylation is 1. The van der Waals surface area contributed by atoms with Crippen LogP contribution in [-0.4, -0.2) is 44.3 Å². The summed E-state index contributed by atoms with van der Waals surface area (Å²) in [4.78, 5) is 4.23. The number of ether oxygens (including phenoxy) is 1. The van der Waals surface area contributed by atoms with Crippen LogP contribution in [0.2, 0.25) is 0 Å². The van der Waals surface area contributed by atoms with Gasteiger partial charge >= 0.3 is 0 Å². The number of nitrogens with one attached hydrogen (secondary N) is 3. The van der Waals surface area contributed by atoms with E-state index in [1.807, 2.05) is 25.1 Å². The summed E-state index contributed by atoms with van der Waals surface area (Å²) in [6, 6.07) is 8.06. The van der Waals surface area contributed by atoms with Gasteiger partial charge in [-0.25, -0.2) is 0 Å². The summed E-state index contributed by atoms with van der Waals surface area (Å²) in [6.07, 6.45) is 0.0577. The number of hydrogen-bond acceptors (Lipinski definition) is 3. The second kappa shape index (κ2) is 9.40. The zero-order valence-electron chi connectivity index (χ0n) is 15.4. The summed E-state index contributed by atoms with van der Waals surface area (Å²) >= 11 is 0. The maximum absolute atomic E-state index is 5.95. The summed E-state index contributed by atoms with van der Waals surface area (Å²) in [5, 5.41) is 10.0. The zero-order valence-corrected chi connectivity index (χ0v) is 15.4. The third-order valence-corrected chi connectivity index (χ3v) is 3.28. The molecule has 1 aromatic carbocycles. The van der Waals surface area contributed by atoms with Crippen LogP contribution in [0.25, 0.3) is 0 Å². The van der Waals surface area contributed by atoms with Crippen LogP contribution in [-0.2, 0) is 0 Å². The maximum Gasteiger partial charge on any atom is 0.191 e. The second-order valence-electron chi connectivity index (χ2n) is 6.75. The molecule has 5 heteroatoms. The highest BCUT2D eigenvalue weighted by Gasteiger charge is 2.09. The lowest BCUT2D eigenvalue weighted by molar-refractivity contribution is 0.222. The Morgan fingerprint density at radius 3 is 2.48 bits per heavy atom. The first-order chi connectivity index (χ1) is 10.8. The van der Waals surface area contributed by atoms with E-state index >= 15 is 0 Å². The van der Waals surface area contributed by atoms with E-state index in [9.17, 15) is 0 Å². The summed E-state index contributed by atoms with van der Waals surface area (Å²) in [5.74, 6) is 1.72. The van der Waals surface area contributed by atoms with Gasteiger partial charge in [0.2, 0.25) is 0 Å². The minimum atomic E-state index is 0.0577. The van der Waals surface area contributed by atoms with E-state index in [-0.39, 0.29) is 11.6 Å². The molecule has 3 N–H and O–H groups in total. The van der Waals surface area contributed by atoms with E-state index in [0.29, 0.717) is 6.54 Å². The standard InChI is InChI=1S/C18H32N4O/c1-14-9-7-8-10-16(14)23-15(2)13-21-17(19-6)20-11-12-22-18(3,4)5/h7-10,15,22H,11-13H2,1-6H3,(H2,19,20,21). The van der Waals surface area contributed by atoms with Crippen molar-refractivity contribution in [2.75, 3.05) is 26.7 Å². The fraction of sp³-hybridized carbons (Fsp3) is 0.611. The van der Waals surface area contributed by atoms with Crippen molar-refractivity contribution in [3.8, 4) is 5.75 Å². The maximum atomic E-state index is 5.95. The number of hydrogen-bond donors (Lipinski definition) is 3. The Hall–Kier alpha value is -1.75. The highest BCUT2D eigenvalue weighted by atomic mass is 16.5. The Morgan fingerprint density at radius 1 is 1.17 bits per heavy atom. The van der Waals surface area contributed by atoms with Gasteiger partial charge in [-0.1, -0.05) is 18.2 Å². The Kier molecular flexibility index (Phi) is 7.89. The summed E-state index contributed by atoms with van der Waals surface area (Å²) in [5.41, 5.74) is 1.28. The molecule has 0 radical (unpaired) electrons. The quantitative estimate of drug-likeness (QED) is 0.410. The molecule has 1 unspecified atom stereocenters. The monoisotopic (exact) mass is 320 g/mol. The molecular weight excluding hydrogens is 288 g/mol. The van der Waals surface area contributed by atoms with Gasteiger partial charge in [-0.2, -0.15) is 0 Å². The molecule has 0 heterocycles. The van der Waals surface area contributed by atoms with Crippen LogP contribution >= 0.6 is 0 Å². The molecule has 0 fully saturated rings. The van der Waals surface area contributed by atoms with Crippen molar-refractivity contribution in [2.45, 2.75) is 46.3 Å². The number of rotatable bonds is 7. The molecule has 0 saturated heterocycles. The van der Waals surface area contributed by atoms with Crippen LogP contribution in [0.4, 0.5) is 0 Å². The van der Waals surface area contributed by atoms with Crippen LogP contribution in [0.1, 0.15) is 33.3 Å². The van der Waals surface area contributed by atoms with Crippen molar-refractivity contribution in [3.05, 3.63) is 29.8 Å². The van der Waals surface area contributed by atoms with Crippen molar-refractivity contribution in [1.82, 2.24) is 16.0 Å². The van der Waals surface area contributed by atoms with Gasteiger partial charge in [-0.3, -0.25) is 4.99 Å². The van der Waals surface area contributed by atoms with Crippen molar-refractivity contribution < 1.29 is 4.74 Å². The summed E-state index contributed by atoms with van der Waals surface area (Å²) in [6.45, 7) is 13.0. The average molecular weight is 320 g/mol. The van der Waals surface area contributed by atoms with Gasteiger partial charge in [0.1, 0.15) is 11.9 Å². The van der Waals surface area contributed by atoms with Gasteiger partial charge in [0.25, 0.3) is 0 Å². The van der Waals surface area contributed by atoms with Gasteiger partial charge in [0, 0.05) is 25.7 Å². The molecule has 0 spiro atoms. The van der Waals surface area contributed by atoms with Crippen molar-refractivity contribution in [2.24, 2.45) is 4.99 Å². The average Bonchev–Trinajstić information content (AvgIpc) is 2.48. The van der Waals surface area contributed by atoms with E-state index in [4.69, 9.17) is 4.74 Å². The number of aliphatic imine (C=N–C) groups is 1. The molecule has 5 nitrogen and oxygen atoms in total. The molecule has 0 aliphatic heterocycles. The highest BCUT2D eigenvalue weighted by Crippen LogP contribution is 2.17. The SMILES string of the molecule is CN=C(NCCNC(C)(C)C)NCC(C)Oc1ccccc1C. The second-order valence-corrected chi connectivity index (χ2v) is 6.75. The number of para-hydroxylation sites is 1. The van der Waals surface area contributed by atoms with Gasteiger partial charge in [0.05, 0.1) is 6.54 Å². The molecule has 0 aliphatic carbocycles. The third kappa shape index (κ3) is 8.45. The molecule has 0 aliphatic rings. The van der Waals surface area contributed by atoms with Gasteiger partial charge in [-0.05, 0) is 46.2 Å². The van der Waals surface area contributed by atoms with Crippen molar-refractivity contribution in [3.63, 3.8) is 0 Å². The number of guanidine groups is 1. The molecule has 1 rings (SSSR count). The smallest absolute Gasteiger partial charge is 0.191 e. The van der Waals surface area contributed by atoms with Crippen LogP contribution in [0.15, 0.2) is 29.3 Å². The van der Waals surface area contributed by atoms with Crippen molar-refractivity contribution >= 4 is 5.96 Å². The predicted octanol–water partition coefficient (Wildman–Crippen LogP) is 2.32. The largest absolute Gasteiger partial charge is 0.489 e. The molecule has 0 saturated carbocycles. The lowest BCUT2D eigenvalue weighted by atomic mass is 10.1. The van der Waals surface area contributed by atoms with Gasteiger partial charge < -0.3 is 20.7 Å². The van der Waals surface area contributed by atoms with Gasteiger partial charge in [-0.15, -0.1) is 0 Å². The first-order valence-corrected chi connectivity index (χ1v) is 8.23. The van der Waals surface area contributed by atoms with E-state index in [2.05, 4.69) is 54.7 Å². The predicted molar refractivity (Wildman–Crippen MR) is 98.4 cm³/mol. The van der Waals surface area contributed by atoms with Crippen LogP contribution < -0.4 is 20.7 Å². The topological polar surface area (TPSA) is 57.7 Å². The Morgan fingerprint density at radius 2 is 1.87 bits per heavy atom. The number of benzene rings is 1. The first kappa shape index (κ1) is 19.3. The molecular formula is C18H32N4O. The third-order valence-electron chi connectivity index (χ3n) is 3.28. The van der Waals surface area contributed by atoms with E-state index in [1.54, 1.807) is 7.05 Å². The minimum absolute atomic E-state index is 0.0577. The Labute approximate surface area is 140 Å². The Balaban J connectivity index is 2.30. The molecule has 130 valence electrons. The molecule has 1 atom stereocenters. The summed E-state index contributed by atoms with van der Waals surface area (Å²) < 4.78 is 5.95. The van der Waals surface area contributed by atoms with E-state index in [1.165, 1.54) is 0 Å². The summed E-state index contributed by atoms with van der Waals surface area (Å²) in [7, 11) is 1.78. The van der Waals surface area contributed by atoms with Crippen molar-refractivity contribution in [1.29, 1.82) is 0 Å². The molecule has 0 bridgehead atoms. The first-order valence-electron chi connectivity index (χ1n) is 8.23. The lowest BCUT2D eigenvalue weighted by Gasteiger charge is -2.22. The zero-order chi connectivity index (χ0) is 17.3. The van der Waals surface area contributed by atoms with Crippen LogP contribution in [0.3, 0.4) is 0 Å². The fourth-order valence-electron chi connectivity index (χ4n) is 2.03. The lowest BCUT2D eigenvalue weighted by Crippen LogP contribution is -2.46.